The van der Waals surface area contributed by atoms with E-state index in [9.17, 15) is 9.59 Å². The largest absolute Gasteiger partial charge is 0.476 e. The van der Waals surface area contributed by atoms with E-state index in [0.29, 0.717) is 18.8 Å². The van der Waals surface area contributed by atoms with E-state index in [1.807, 2.05) is 13.8 Å². The van der Waals surface area contributed by atoms with Gasteiger partial charge in [0.05, 0.1) is 0 Å². The summed E-state index contributed by atoms with van der Waals surface area (Å²) in [6.45, 7) is 5.16. The molecule has 1 aromatic heterocycles. The fourth-order valence-electron chi connectivity index (χ4n) is 2.00. The van der Waals surface area contributed by atoms with Crippen molar-refractivity contribution in [3.05, 3.63) is 17.5 Å². The van der Waals surface area contributed by atoms with Crippen molar-refractivity contribution in [2.45, 2.75) is 32.9 Å². The number of amides is 1. The quantitative estimate of drug-likeness (QED) is 0.826. The van der Waals surface area contributed by atoms with Crippen LogP contribution in [0.4, 0.5) is 0 Å². The molecule has 0 spiro atoms. The van der Waals surface area contributed by atoms with Crippen LogP contribution in [0.25, 0.3) is 0 Å². The number of nitrogens with zero attached hydrogens (tertiary/aromatic N) is 3. The summed E-state index contributed by atoms with van der Waals surface area (Å²) in [6, 6.07) is 1.46. The third-order valence-corrected chi connectivity index (χ3v) is 2.87. The van der Waals surface area contributed by atoms with E-state index in [-0.39, 0.29) is 17.6 Å². The first kappa shape index (κ1) is 11.6. The summed E-state index contributed by atoms with van der Waals surface area (Å²) in [6.07, 6.45) is 0.789. The van der Waals surface area contributed by atoms with Gasteiger partial charge < -0.3 is 10.0 Å². The number of aromatic carboxylic acids is 1. The maximum atomic E-state index is 12.2. The zero-order valence-corrected chi connectivity index (χ0v) is 9.88. The molecule has 0 unspecified atom stereocenters. The number of aryl methyl sites for hydroxylation is 1. The van der Waals surface area contributed by atoms with Crippen LogP contribution in [0.2, 0.25) is 0 Å². The second kappa shape index (κ2) is 4.20. The Bertz CT molecular complexity index is 465. The highest BCUT2D eigenvalue weighted by Crippen LogP contribution is 2.15. The summed E-state index contributed by atoms with van der Waals surface area (Å²) in [5.74, 6) is -1.24. The summed E-state index contributed by atoms with van der Waals surface area (Å²) in [5, 5.41) is 12.8. The number of hydrogen-bond acceptors (Lipinski definition) is 3. The zero-order chi connectivity index (χ0) is 12.6. The number of fused-ring (bicyclic) bond motifs is 1. The highest BCUT2D eigenvalue weighted by Gasteiger charge is 2.27. The second-order valence-corrected chi connectivity index (χ2v) is 4.39. The van der Waals surface area contributed by atoms with E-state index in [0.717, 1.165) is 6.42 Å². The van der Waals surface area contributed by atoms with Crippen LogP contribution in [0.15, 0.2) is 6.07 Å². The topological polar surface area (TPSA) is 75.4 Å². The van der Waals surface area contributed by atoms with Gasteiger partial charge in [-0.2, -0.15) is 5.10 Å². The Morgan fingerprint density at radius 3 is 2.76 bits per heavy atom. The zero-order valence-electron chi connectivity index (χ0n) is 9.88. The van der Waals surface area contributed by atoms with E-state index in [2.05, 4.69) is 5.10 Å². The van der Waals surface area contributed by atoms with Crippen molar-refractivity contribution in [1.29, 1.82) is 0 Å². The molecule has 2 rings (SSSR count). The van der Waals surface area contributed by atoms with E-state index >= 15 is 0 Å². The molecule has 0 aliphatic carbocycles. The summed E-state index contributed by atoms with van der Waals surface area (Å²) >= 11 is 0. The molecule has 1 amide bonds. The Hall–Kier alpha value is -1.85. The first-order chi connectivity index (χ1) is 8.00. The molecule has 0 bridgehead atoms. The Morgan fingerprint density at radius 1 is 1.47 bits per heavy atom. The van der Waals surface area contributed by atoms with E-state index in [1.165, 1.54) is 10.7 Å². The molecular weight excluding hydrogens is 222 g/mol. The van der Waals surface area contributed by atoms with Crippen molar-refractivity contribution >= 4 is 11.9 Å². The Morgan fingerprint density at radius 2 is 2.18 bits per heavy atom. The van der Waals surface area contributed by atoms with E-state index in [4.69, 9.17) is 5.11 Å². The lowest BCUT2D eigenvalue weighted by Crippen LogP contribution is -2.36. The van der Waals surface area contributed by atoms with Gasteiger partial charge in [-0.1, -0.05) is 0 Å². The summed E-state index contributed by atoms with van der Waals surface area (Å²) in [5.41, 5.74) is 0.299. The van der Waals surface area contributed by atoms with Gasteiger partial charge in [-0.15, -0.1) is 0 Å². The van der Waals surface area contributed by atoms with Crippen LogP contribution in [0, 0.1) is 0 Å². The highest BCUT2D eigenvalue weighted by atomic mass is 16.4. The molecule has 6 nitrogen and oxygen atoms in total. The fourth-order valence-corrected chi connectivity index (χ4v) is 2.00. The molecule has 1 N–H and O–H groups in total. The molecule has 17 heavy (non-hydrogen) atoms. The maximum absolute atomic E-state index is 12.2. The monoisotopic (exact) mass is 237 g/mol. The SMILES string of the molecule is CC(C)N1CCCn2nc(C(=O)O)cc2C1=O. The lowest BCUT2D eigenvalue weighted by molar-refractivity contribution is 0.0688. The van der Waals surface area contributed by atoms with Crippen molar-refractivity contribution < 1.29 is 14.7 Å². The van der Waals surface area contributed by atoms with Crippen molar-refractivity contribution in [1.82, 2.24) is 14.7 Å². The first-order valence-electron chi connectivity index (χ1n) is 5.63. The number of carboxylic acid groups (broad SMARTS) is 1. The second-order valence-electron chi connectivity index (χ2n) is 4.39. The minimum Gasteiger partial charge on any atom is -0.476 e. The predicted octanol–water partition coefficient (Wildman–Crippen LogP) is 0.836. The van der Waals surface area contributed by atoms with Crippen LogP contribution in [0.5, 0.6) is 0 Å². The van der Waals surface area contributed by atoms with Crippen molar-refractivity contribution in [3.63, 3.8) is 0 Å². The van der Waals surface area contributed by atoms with Gasteiger partial charge in [0.1, 0.15) is 5.69 Å². The molecule has 0 atom stereocenters. The van der Waals surface area contributed by atoms with Crippen molar-refractivity contribution in [2.24, 2.45) is 0 Å². The number of carboxylic acids is 1. The molecule has 1 aliphatic heterocycles. The minimum atomic E-state index is -1.10. The molecule has 6 heteroatoms. The summed E-state index contributed by atoms with van der Waals surface area (Å²) in [4.78, 5) is 24.8. The number of carbonyl (C=O) groups excluding carboxylic acids is 1. The minimum absolute atomic E-state index is 0.0704. The summed E-state index contributed by atoms with van der Waals surface area (Å²) < 4.78 is 1.49. The van der Waals surface area contributed by atoms with Crippen molar-refractivity contribution in [2.75, 3.05) is 6.54 Å². The molecule has 1 aromatic rings. The van der Waals surface area contributed by atoms with Crippen LogP contribution in [0.1, 0.15) is 41.2 Å². The molecule has 0 saturated heterocycles. The normalized spacial score (nSPS) is 15.9. The standard InChI is InChI=1S/C11H15N3O3/c1-7(2)13-4-3-5-14-9(10(13)15)6-8(12-14)11(16)17/h6-7H,3-5H2,1-2H3,(H,16,17). The number of hydrogen-bond donors (Lipinski definition) is 1. The molecular formula is C11H15N3O3. The van der Waals surface area contributed by atoms with Crippen LogP contribution < -0.4 is 0 Å². The van der Waals surface area contributed by atoms with Crippen LogP contribution >= 0.6 is 0 Å². The van der Waals surface area contributed by atoms with E-state index < -0.39 is 5.97 Å². The van der Waals surface area contributed by atoms with Gasteiger partial charge in [-0.25, -0.2) is 4.79 Å². The lowest BCUT2D eigenvalue weighted by Gasteiger charge is -2.24. The van der Waals surface area contributed by atoms with Gasteiger partial charge in [0, 0.05) is 25.2 Å². The molecule has 92 valence electrons. The Labute approximate surface area is 98.8 Å². The number of aromatic nitrogens is 2. The highest BCUT2D eigenvalue weighted by molar-refractivity contribution is 5.96. The van der Waals surface area contributed by atoms with Crippen LogP contribution in [-0.2, 0) is 6.54 Å². The van der Waals surface area contributed by atoms with Crippen molar-refractivity contribution in [3.8, 4) is 0 Å². The number of carbonyl (C=O) groups is 2. The Balaban J connectivity index is 2.40. The molecule has 2 heterocycles. The molecule has 0 fully saturated rings. The smallest absolute Gasteiger partial charge is 0.356 e. The third-order valence-electron chi connectivity index (χ3n) is 2.87. The molecule has 0 saturated carbocycles. The van der Waals surface area contributed by atoms with Gasteiger partial charge in [0.2, 0.25) is 0 Å². The van der Waals surface area contributed by atoms with Gasteiger partial charge >= 0.3 is 5.97 Å². The number of rotatable bonds is 2. The summed E-state index contributed by atoms with van der Waals surface area (Å²) in [7, 11) is 0. The maximum Gasteiger partial charge on any atom is 0.356 e. The average Bonchev–Trinajstić information content (AvgIpc) is 2.61. The fraction of sp³-hybridized carbons (Fsp3) is 0.545. The van der Waals surface area contributed by atoms with Gasteiger partial charge in [-0.05, 0) is 20.3 Å². The van der Waals surface area contributed by atoms with Gasteiger partial charge in [0.25, 0.3) is 5.91 Å². The Kier molecular flexibility index (Phi) is 2.87. The van der Waals surface area contributed by atoms with Crippen LogP contribution in [0.3, 0.4) is 0 Å². The van der Waals surface area contributed by atoms with E-state index in [1.54, 1.807) is 4.90 Å². The molecule has 1 aliphatic rings. The predicted molar refractivity (Wildman–Crippen MR) is 60.0 cm³/mol. The van der Waals surface area contributed by atoms with Gasteiger partial charge in [-0.3, -0.25) is 9.48 Å². The molecule has 0 radical (unpaired) electrons. The first-order valence-corrected chi connectivity index (χ1v) is 5.63. The average molecular weight is 237 g/mol. The van der Waals surface area contributed by atoms with Crippen LogP contribution in [-0.4, -0.2) is 44.3 Å². The third kappa shape index (κ3) is 2.02. The van der Waals surface area contributed by atoms with Gasteiger partial charge in [0.15, 0.2) is 5.69 Å². The molecule has 0 aromatic carbocycles. The lowest BCUT2D eigenvalue weighted by atomic mass is 10.2.